The Bertz CT molecular complexity index is 3970. The number of hydrogen-bond acceptors (Lipinski definition) is 4. The van der Waals surface area contributed by atoms with Gasteiger partial charge < -0.3 is 4.74 Å². The number of rotatable bonds is 4. The van der Waals surface area contributed by atoms with E-state index in [0.717, 1.165) is 61.6 Å². The van der Waals surface area contributed by atoms with Crippen LogP contribution in [-0.4, -0.2) is 20.6 Å². The van der Waals surface area contributed by atoms with Crippen molar-refractivity contribution in [1.29, 1.82) is 0 Å². The summed E-state index contributed by atoms with van der Waals surface area (Å²) in [4.78, 5) is 11.1. The zero-order valence-electron chi connectivity index (χ0n) is 33.9. The highest BCUT2D eigenvalue weighted by Crippen LogP contribution is 2.51. The molecule has 2 aliphatic rings. The molecular weight excluding hydrogens is 787 g/mol. The van der Waals surface area contributed by atoms with Gasteiger partial charge in [-0.05, 0) is 92.3 Å². The Hall–Kier alpha value is -7.86. The molecular formula is C58H35N3OS. The lowest BCUT2D eigenvalue weighted by Crippen LogP contribution is -2.15. The van der Waals surface area contributed by atoms with Crippen LogP contribution >= 0.6 is 11.3 Å². The molecule has 14 rings (SSSR count). The van der Waals surface area contributed by atoms with Gasteiger partial charge in [-0.1, -0.05) is 152 Å². The van der Waals surface area contributed by atoms with Gasteiger partial charge in [-0.15, -0.1) is 11.3 Å². The van der Waals surface area contributed by atoms with Gasteiger partial charge in [-0.2, -0.15) is 0 Å². The summed E-state index contributed by atoms with van der Waals surface area (Å²) in [5.74, 6) is 1.98. The van der Waals surface area contributed by atoms with E-state index < -0.39 is 0 Å². The van der Waals surface area contributed by atoms with Crippen LogP contribution in [-0.2, 0) is 0 Å². The van der Waals surface area contributed by atoms with Gasteiger partial charge in [0.25, 0.3) is 0 Å². The Morgan fingerprint density at radius 1 is 0.476 bits per heavy atom. The molecule has 2 unspecified atom stereocenters. The topological polar surface area (TPSA) is 39.9 Å². The summed E-state index contributed by atoms with van der Waals surface area (Å²) in [5.41, 5.74) is 11.7. The summed E-state index contributed by atoms with van der Waals surface area (Å²) in [6, 6.07) is 63.7. The van der Waals surface area contributed by atoms with Crippen LogP contribution in [0.1, 0.15) is 11.5 Å². The second-order valence-electron chi connectivity index (χ2n) is 16.8. The second kappa shape index (κ2) is 13.3. The smallest absolute Gasteiger partial charge is 0.165 e. The highest BCUT2D eigenvalue weighted by molar-refractivity contribution is 7.27. The van der Waals surface area contributed by atoms with E-state index in [-0.39, 0.29) is 12.0 Å². The van der Waals surface area contributed by atoms with E-state index in [2.05, 4.69) is 199 Å². The zero-order valence-corrected chi connectivity index (χ0v) is 34.7. The van der Waals surface area contributed by atoms with E-state index in [1.807, 2.05) is 17.4 Å². The van der Waals surface area contributed by atoms with Crippen LogP contribution in [0.5, 0.6) is 5.75 Å². The predicted octanol–water partition coefficient (Wildman–Crippen LogP) is 15.4. The van der Waals surface area contributed by atoms with Gasteiger partial charge in [0.05, 0.1) is 26.8 Å². The first-order valence-corrected chi connectivity index (χ1v) is 22.4. The highest BCUT2D eigenvalue weighted by atomic mass is 32.1. The molecule has 0 N–H and O–H groups in total. The molecule has 3 aromatic heterocycles. The first-order chi connectivity index (χ1) is 31.2. The first kappa shape index (κ1) is 34.8. The number of fused-ring (bicyclic) bond motifs is 16. The third-order valence-electron chi connectivity index (χ3n) is 13.3. The quantitative estimate of drug-likeness (QED) is 0.178. The summed E-state index contributed by atoms with van der Waals surface area (Å²) >= 11 is 1.89. The van der Waals surface area contributed by atoms with Crippen LogP contribution in [0.15, 0.2) is 200 Å². The average Bonchev–Trinajstić information content (AvgIpc) is 4.04. The number of hydrogen-bond donors (Lipinski definition) is 0. The van der Waals surface area contributed by atoms with Gasteiger partial charge in [0.1, 0.15) is 17.5 Å². The molecule has 0 saturated heterocycles. The zero-order chi connectivity index (χ0) is 41.2. The number of para-hydroxylation sites is 2. The molecule has 294 valence electrons. The van der Waals surface area contributed by atoms with Crippen molar-refractivity contribution in [2.45, 2.75) is 12.0 Å². The number of allylic oxidation sites excluding steroid dienone is 2. The van der Waals surface area contributed by atoms with Crippen LogP contribution in [0, 0.1) is 0 Å². The fourth-order valence-corrected chi connectivity index (χ4v) is 11.8. The number of benzene rings is 9. The van der Waals surface area contributed by atoms with E-state index in [9.17, 15) is 0 Å². The van der Waals surface area contributed by atoms with Crippen molar-refractivity contribution >= 4 is 85.9 Å². The summed E-state index contributed by atoms with van der Waals surface area (Å²) in [6.45, 7) is 0. The molecule has 63 heavy (non-hydrogen) atoms. The normalized spacial score (nSPS) is 15.6. The molecule has 2 atom stereocenters. The number of thiophene rings is 1. The number of nitrogens with zero attached hydrogens (tertiary/aromatic N) is 3. The molecule has 4 heterocycles. The third kappa shape index (κ3) is 5.14. The SMILES string of the molecule is C1=CC2Oc3ccc(-c4ccc5c(c4)c4c6ccccc6c6c7ccc8ccccc8c7sc6c4n5-c4nc5ccccc5nc4-c4cccc(-c5ccccc5)c4)cc3C2C=C1. The molecule has 5 heteroatoms. The average molecular weight is 822 g/mol. The molecule has 9 aromatic carbocycles. The molecule has 12 aromatic rings. The van der Waals surface area contributed by atoms with E-state index in [0.29, 0.717) is 0 Å². The first-order valence-electron chi connectivity index (χ1n) is 21.6. The minimum Gasteiger partial charge on any atom is -0.485 e. The largest absolute Gasteiger partial charge is 0.485 e. The van der Waals surface area contributed by atoms with E-state index >= 15 is 0 Å². The molecule has 0 radical (unpaired) electrons. The summed E-state index contributed by atoms with van der Waals surface area (Å²) < 4.78 is 11.4. The lowest BCUT2D eigenvalue weighted by Gasteiger charge is -2.15. The summed E-state index contributed by atoms with van der Waals surface area (Å²) in [5, 5.41) is 9.94. The van der Waals surface area contributed by atoms with Gasteiger partial charge in [0.15, 0.2) is 5.82 Å². The maximum atomic E-state index is 6.38. The fraction of sp³-hybridized carbons (Fsp3) is 0.0345. The monoisotopic (exact) mass is 821 g/mol. The second-order valence-corrected chi connectivity index (χ2v) is 17.8. The van der Waals surface area contributed by atoms with Crippen LogP contribution in [0.25, 0.3) is 114 Å². The Morgan fingerprint density at radius 2 is 1.17 bits per heavy atom. The molecule has 0 spiro atoms. The van der Waals surface area contributed by atoms with Gasteiger partial charge in [-0.25, -0.2) is 9.97 Å². The van der Waals surface area contributed by atoms with Crippen molar-refractivity contribution in [2.24, 2.45) is 0 Å². The number of ether oxygens (including phenoxy) is 1. The molecule has 0 saturated carbocycles. The predicted molar refractivity (Wildman–Crippen MR) is 264 cm³/mol. The summed E-state index contributed by atoms with van der Waals surface area (Å²) in [6.07, 6.45) is 8.69. The van der Waals surface area contributed by atoms with Gasteiger partial charge in [0.2, 0.25) is 0 Å². The van der Waals surface area contributed by atoms with Crippen molar-refractivity contribution in [2.75, 3.05) is 0 Å². The van der Waals surface area contributed by atoms with Gasteiger partial charge in [-0.3, -0.25) is 4.57 Å². The van der Waals surface area contributed by atoms with Crippen molar-refractivity contribution in [3.63, 3.8) is 0 Å². The van der Waals surface area contributed by atoms with Crippen LogP contribution in [0.2, 0.25) is 0 Å². The Balaban J connectivity index is 1.13. The van der Waals surface area contributed by atoms with Crippen LogP contribution < -0.4 is 4.74 Å². The maximum Gasteiger partial charge on any atom is 0.165 e. The van der Waals surface area contributed by atoms with Crippen LogP contribution in [0.4, 0.5) is 0 Å². The Labute approximate surface area is 366 Å². The minimum absolute atomic E-state index is 0.0403. The van der Waals surface area contributed by atoms with Crippen molar-refractivity contribution in [1.82, 2.24) is 14.5 Å². The Morgan fingerprint density at radius 3 is 2.06 bits per heavy atom. The van der Waals surface area contributed by atoms with Crippen molar-refractivity contribution in [3.05, 3.63) is 206 Å². The summed E-state index contributed by atoms with van der Waals surface area (Å²) in [7, 11) is 0. The van der Waals surface area contributed by atoms with Crippen molar-refractivity contribution < 1.29 is 4.74 Å². The molecule has 0 amide bonds. The third-order valence-corrected chi connectivity index (χ3v) is 14.5. The molecule has 0 bridgehead atoms. The Kier molecular flexibility index (Phi) is 7.36. The van der Waals surface area contributed by atoms with Gasteiger partial charge >= 0.3 is 0 Å². The molecule has 4 nitrogen and oxygen atoms in total. The molecule has 0 fully saturated rings. The lowest BCUT2D eigenvalue weighted by molar-refractivity contribution is 0.269. The standard InChI is InChI=1S/C58H35N3OS/c1-2-13-34(14-3-1)36-16-12-17-39(31-36)54-58(60-48-23-10-9-22-47(48)59-54)61-49-29-26-37(38-27-30-51-45(32-38)41-19-8-11-24-50(41)62-51)33-46(49)52-42-20-6-7-21-43(42)53-44-28-25-35-15-4-5-18-40(35)56(44)63-57(53)55(52)61/h1-33,41,50H. The van der Waals surface area contributed by atoms with Crippen LogP contribution in [0.3, 0.4) is 0 Å². The minimum atomic E-state index is 0.0403. The van der Waals surface area contributed by atoms with E-state index in [1.54, 1.807) is 0 Å². The van der Waals surface area contributed by atoms with Crippen molar-refractivity contribution in [3.8, 4) is 45.1 Å². The fourth-order valence-electron chi connectivity index (χ4n) is 10.4. The highest BCUT2D eigenvalue weighted by Gasteiger charge is 2.32. The van der Waals surface area contributed by atoms with E-state index in [1.165, 1.54) is 63.6 Å². The molecule has 1 aliphatic heterocycles. The lowest BCUT2D eigenvalue weighted by atomic mass is 9.90. The van der Waals surface area contributed by atoms with E-state index in [4.69, 9.17) is 14.7 Å². The molecule has 1 aliphatic carbocycles. The van der Waals surface area contributed by atoms with Gasteiger partial charge in [0, 0.05) is 43.3 Å². The maximum absolute atomic E-state index is 6.38. The number of aromatic nitrogens is 3.